The standard InChI is InChI=1S/C14H13F3N2/c1-10-4-6-11(7-5-10)9-19-13-12(14(15,16)17)3-2-8-18-13/h2-8H,9H2,1H3,(H,18,19). The molecular weight excluding hydrogens is 253 g/mol. The number of anilines is 1. The number of benzene rings is 1. The van der Waals surface area contributed by atoms with Gasteiger partial charge in [-0.15, -0.1) is 0 Å². The molecule has 0 radical (unpaired) electrons. The van der Waals surface area contributed by atoms with Crippen molar-refractivity contribution in [3.8, 4) is 0 Å². The molecule has 2 rings (SSSR count). The van der Waals surface area contributed by atoms with Gasteiger partial charge in [0.2, 0.25) is 0 Å². The van der Waals surface area contributed by atoms with Crippen LogP contribution in [0.3, 0.4) is 0 Å². The highest BCUT2D eigenvalue weighted by Crippen LogP contribution is 2.33. The van der Waals surface area contributed by atoms with Gasteiger partial charge in [-0.05, 0) is 24.6 Å². The van der Waals surface area contributed by atoms with Crippen molar-refractivity contribution in [2.75, 3.05) is 5.32 Å². The summed E-state index contributed by atoms with van der Waals surface area (Å²) in [5.41, 5.74) is 1.27. The minimum absolute atomic E-state index is 0.143. The van der Waals surface area contributed by atoms with Crippen molar-refractivity contribution in [2.24, 2.45) is 0 Å². The van der Waals surface area contributed by atoms with Crippen LogP contribution in [0.5, 0.6) is 0 Å². The van der Waals surface area contributed by atoms with Gasteiger partial charge in [-0.1, -0.05) is 29.8 Å². The lowest BCUT2D eigenvalue weighted by Gasteiger charge is -2.13. The van der Waals surface area contributed by atoms with Crippen molar-refractivity contribution in [3.05, 3.63) is 59.3 Å². The predicted molar refractivity (Wildman–Crippen MR) is 67.7 cm³/mol. The monoisotopic (exact) mass is 266 g/mol. The molecule has 2 aromatic rings. The molecule has 0 saturated carbocycles. The summed E-state index contributed by atoms with van der Waals surface area (Å²) < 4.78 is 38.2. The van der Waals surface area contributed by atoms with Crippen molar-refractivity contribution in [2.45, 2.75) is 19.6 Å². The van der Waals surface area contributed by atoms with Gasteiger partial charge in [-0.3, -0.25) is 0 Å². The summed E-state index contributed by atoms with van der Waals surface area (Å²) in [4.78, 5) is 3.75. The molecule has 0 spiro atoms. The molecule has 0 aliphatic heterocycles. The molecule has 0 amide bonds. The number of pyridine rings is 1. The SMILES string of the molecule is Cc1ccc(CNc2ncccc2C(F)(F)F)cc1. The van der Waals surface area contributed by atoms with Gasteiger partial charge < -0.3 is 5.32 Å². The van der Waals surface area contributed by atoms with Crippen LogP contribution in [0.4, 0.5) is 19.0 Å². The Kier molecular flexibility index (Phi) is 3.74. The Morgan fingerprint density at radius 3 is 2.42 bits per heavy atom. The topological polar surface area (TPSA) is 24.9 Å². The number of nitrogens with one attached hydrogen (secondary N) is 1. The van der Waals surface area contributed by atoms with Crippen LogP contribution in [0.2, 0.25) is 0 Å². The molecule has 19 heavy (non-hydrogen) atoms. The van der Waals surface area contributed by atoms with E-state index in [2.05, 4.69) is 10.3 Å². The molecule has 0 atom stereocenters. The highest BCUT2D eigenvalue weighted by Gasteiger charge is 2.33. The molecule has 1 N–H and O–H groups in total. The Hall–Kier alpha value is -2.04. The van der Waals surface area contributed by atoms with Crippen molar-refractivity contribution >= 4 is 5.82 Å². The lowest BCUT2D eigenvalue weighted by molar-refractivity contribution is -0.137. The zero-order chi connectivity index (χ0) is 13.9. The average Bonchev–Trinajstić information content (AvgIpc) is 2.37. The Bertz CT molecular complexity index is 547. The van der Waals surface area contributed by atoms with Crippen LogP contribution >= 0.6 is 0 Å². The molecule has 2 nitrogen and oxygen atoms in total. The quantitative estimate of drug-likeness (QED) is 0.907. The van der Waals surface area contributed by atoms with Crippen LogP contribution < -0.4 is 5.32 Å². The Morgan fingerprint density at radius 2 is 1.79 bits per heavy atom. The first kappa shape index (κ1) is 13.4. The van der Waals surface area contributed by atoms with E-state index in [0.717, 1.165) is 17.2 Å². The summed E-state index contributed by atoms with van der Waals surface area (Å²) in [6, 6.07) is 9.88. The van der Waals surface area contributed by atoms with Gasteiger partial charge in [0, 0.05) is 12.7 Å². The van der Waals surface area contributed by atoms with E-state index in [1.165, 1.54) is 12.3 Å². The van der Waals surface area contributed by atoms with E-state index in [-0.39, 0.29) is 5.82 Å². The normalized spacial score (nSPS) is 11.4. The van der Waals surface area contributed by atoms with E-state index in [4.69, 9.17) is 0 Å². The first-order valence-electron chi connectivity index (χ1n) is 5.78. The number of nitrogens with zero attached hydrogens (tertiary/aromatic N) is 1. The van der Waals surface area contributed by atoms with E-state index in [9.17, 15) is 13.2 Å². The number of aromatic nitrogens is 1. The molecule has 5 heteroatoms. The summed E-state index contributed by atoms with van der Waals surface area (Å²) >= 11 is 0. The maximum absolute atomic E-state index is 12.7. The first-order chi connectivity index (χ1) is 8.97. The van der Waals surface area contributed by atoms with Gasteiger partial charge in [-0.2, -0.15) is 13.2 Å². The summed E-state index contributed by atoms with van der Waals surface area (Å²) in [5, 5.41) is 2.72. The molecule has 0 aliphatic rings. The highest BCUT2D eigenvalue weighted by molar-refractivity contribution is 5.46. The minimum atomic E-state index is -4.40. The molecule has 0 unspecified atom stereocenters. The van der Waals surface area contributed by atoms with Crippen LogP contribution in [0.15, 0.2) is 42.6 Å². The van der Waals surface area contributed by atoms with E-state index < -0.39 is 11.7 Å². The van der Waals surface area contributed by atoms with Crippen molar-refractivity contribution in [1.29, 1.82) is 0 Å². The van der Waals surface area contributed by atoms with Crippen LogP contribution in [-0.4, -0.2) is 4.98 Å². The molecule has 0 aliphatic carbocycles. The lowest BCUT2D eigenvalue weighted by Crippen LogP contribution is -2.12. The van der Waals surface area contributed by atoms with Crippen molar-refractivity contribution < 1.29 is 13.2 Å². The average molecular weight is 266 g/mol. The summed E-state index contributed by atoms with van der Waals surface area (Å²) in [7, 11) is 0. The second-order valence-corrected chi connectivity index (χ2v) is 4.24. The second kappa shape index (κ2) is 5.30. The van der Waals surface area contributed by atoms with Crippen molar-refractivity contribution in [1.82, 2.24) is 4.98 Å². The van der Waals surface area contributed by atoms with Gasteiger partial charge in [0.15, 0.2) is 0 Å². The molecular formula is C14H13F3N2. The number of aryl methyl sites for hydroxylation is 1. The molecule has 100 valence electrons. The second-order valence-electron chi connectivity index (χ2n) is 4.24. The Labute approximate surface area is 109 Å². The molecule has 0 fully saturated rings. The summed E-state index contributed by atoms with van der Waals surface area (Å²) in [5.74, 6) is -0.143. The number of halogens is 3. The maximum Gasteiger partial charge on any atom is 0.419 e. The summed E-state index contributed by atoms with van der Waals surface area (Å²) in [6.07, 6.45) is -3.06. The van der Waals surface area contributed by atoms with Gasteiger partial charge in [0.05, 0.1) is 5.56 Å². The third-order valence-corrected chi connectivity index (χ3v) is 2.69. The fraction of sp³-hybridized carbons (Fsp3) is 0.214. The van der Waals surface area contributed by atoms with Crippen LogP contribution in [0.1, 0.15) is 16.7 Å². The summed E-state index contributed by atoms with van der Waals surface area (Å²) in [6.45, 7) is 2.26. The number of rotatable bonds is 3. The number of alkyl halides is 3. The molecule has 1 aromatic carbocycles. The zero-order valence-corrected chi connectivity index (χ0v) is 10.3. The molecule has 0 bridgehead atoms. The lowest BCUT2D eigenvalue weighted by atomic mass is 10.1. The first-order valence-corrected chi connectivity index (χ1v) is 5.78. The highest BCUT2D eigenvalue weighted by atomic mass is 19.4. The van der Waals surface area contributed by atoms with E-state index in [1.807, 2.05) is 31.2 Å². The third-order valence-electron chi connectivity index (χ3n) is 2.69. The van der Waals surface area contributed by atoms with Gasteiger partial charge >= 0.3 is 6.18 Å². The number of hydrogen-bond acceptors (Lipinski definition) is 2. The van der Waals surface area contributed by atoms with Crippen LogP contribution in [-0.2, 0) is 12.7 Å². The van der Waals surface area contributed by atoms with Crippen molar-refractivity contribution in [3.63, 3.8) is 0 Å². The Morgan fingerprint density at radius 1 is 1.11 bits per heavy atom. The third kappa shape index (κ3) is 3.47. The van der Waals surface area contributed by atoms with Gasteiger partial charge in [0.1, 0.15) is 5.82 Å². The van der Waals surface area contributed by atoms with Gasteiger partial charge in [0.25, 0.3) is 0 Å². The van der Waals surface area contributed by atoms with Crippen LogP contribution in [0, 0.1) is 6.92 Å². The molecule has 1 aromatic heterocycles. The van der Waals surface area contributed by atoms with E-state index >= 15 is 0 Å². The van der Waals surface area contributed by atoms with E-state index in [1.54, 1.807) is 0 Å². The fourth-order valence-electron chi connectivity index (χ4n) is 1.67. The maximum atomic E-state index is 12.7. The number of hydrogen-bond donors (Lipinski definition) is 1. The molecule has 0 saturated heterocycles. The smallest absolute Gasteiger partial charge is 0.365 e. The fourth-order valence-corrected chi connectivity index (χ4v) is 1.67. The largest absolute Gasteiger partial charge is 0.419 e. The minimum Gasteiger partial charge on any atom is -0.365 e. The van der Waals surface area contributed by atoms with Crippen LogP contribution in [0.25, 0.3) is 0 Å². The predicted octanol–water partition coefficient (Wildman–Crippen LogP) is 4.02. The molecule has 1 heterocycles. The van der Waals surface area contributed by atoms with Gasteiger partial charge in [-0.25, -0.2) is 4.98 Å². The Balaban J connectivity index is 2.14. The van der Waals surface area contributed by atoms with E-state index in [0.29, 0.717) is 6.54 Å². The zero-order valence-electron chi connectivity index (χ0n) is 10.3.